The van der Waals surface area contributed by atoms with Crippen LogP contribution < -0.4 is 5.32 Å². The minimum absolute atomic E-state index is 0.150. The molecule has 2 fully saturated rings. The number of benzene rings is 1. The Labute approximate surface area is 173 Å². The van der Waals surface area contributed by atoms with E-state index in [2.05, 4.69) is 15.3 Å². The molecule has 0 spiro atoms. The van der Waals surface area contributed by atoms with Crippen molar-refractivity contribution in [2.75, 3.05) is 31.6 Å². The molecule has 2 amide bonds. The van der Waals surface area contributed by atoms with Crippen molar-refractivity contribution < 1.29 is 13.9 Å². The molecule has 0 saturated carbocycles. The van der Waals surface area contributed by atoms with Crippen LogP contribution in [0, 0.1) is 5.82 Å². The Morgan fingerprint density at radius 1 is 1.17 bits per heavy atom. The van der Waals surface area contributed by atoms with Crippen LogP contribution in [0.2, 0.25) is 0 Å². The van der Waals surface area contributed by atoms with Gasteiger partial charge in [0.2, 0.25) is 5.78 Å². The zero-order valence-corrected chi connectivity index (χ0v) is 16.7. The molecule has 0 atom stereocenters. The highest BCUT2D eigenvalue weighted by molar-refractivity contribution is 5.90. The Kier molecular flexibility index (Phi) is 5.08. The van der Waals surface area contributed by atoms with Crippen molar-refractivity contribution in [1.29, 1.82) is 0 Å². The highest BCUT2D eigenvalue weighted by atomic mass is 19.1. The topological polar surface area (TPSA) is 71.8 Å². The number of fused-ring (bicyclic) bond motifs is 1. The van der Waals surface area contributed by atoms with Crippen LogP contribution in [0.25, 0.3) is 17.0 Å². The monoisotopic (exact) mass is 409 g/mol. The molecule has 2 aliphatic heterocycles. The zero-order valence-electron chi connectivity index (χ0n) is 16.7. The Morgan fingerprint density at radius 3 is 2.77 bits per heavy atom. The smallest absolute Gasteiger partial charge is 0.321 e. The molecule has 0 aliphatic carbocycles. The molecule has 1 N–H and O–H groups in total. The van der Waals surface area contributed by atoms with Gasteiger partial charge < -0.3 is 15.0 Å². The fourth-order valence-corrected chi connectivity index (χ4v) is 4.19. The van der Waals surface area contributed by atoms with Crippen molar-refractivity contribution in [3.8, 4) is 11.3 Å². The van der Waals surface area contributed by atoms with Crippen molar-refractivity contribution >= 4 is 17.5 Å². The number of halogens is 1. The first-order valence-electron chi connectivity index (χ1n) is 10.5. The number of amides is 2. The normalized spacial score (nSPS) is 17.6. The summed E-state index contributed by atoms with van der Waals surface area (Å²) in [4.78, 5) is 23.1. The number of aromatic nitrogens is 3. The zero-order chi connectivity index (χ0) is 20.5. The lowest BCUT2D eigenvalue weighted by Crippen LogP contribution is -2.32. The van der Waals surface area contributed by atoms with Crippen LogP contribution in [0.1, 0.15) is 37.2 Å². The van der Waals surface area contributed by atoms with Crippen molar-refractivity contribution in [3.05, 3.63) is 48.2 Å². The lowest BCUT2D eigenvalue weighted by atomic mass is 9.94. The second-order valence-corrected chi connectivity index (χ2v) is 7.93. The molecule has 1 aromatic carbocycles. The van der Waals surface area contributed by atoms with E-state index >= 15 is 0 Å². The first-order valence-corrected chi connectivity index (χ1v) is 10.5. The molecule has 4 heterocycles. The van der Waals surface area contributed by atoms with Crippen LogP contribution in [-0.2, 0) is 4.74 Å². The maximum Gasteiger partial charge on any atom is 0.321 e. The third kappa shape index (κ3) is 3.75. The number of likely N-dealkylation sites (tertiary alicyclic amines) is 1. The predicted molar refractivity (Wildman–Crippen MR) is 111 cm³/mol. The van der Waals surface area contributed by atoms with Crippen LogP contribution in [0.4, 0.5) is 14.9 Å². The number of ether oxygens (including phenoxy) is 1. The Bertz CT molecular complexity index is 1070. The number of carbonyl (C=O) groups is 1. The van der Waals surface area contributed by atoms with E-state index in [1.54, 1.807) is 23.2 Å². The van der Waals surface area contributed by atoms with Crippen LogP contribution in [0.15, 0.2) is 36.8 Å². The van der Waals surface area contributed by atoms with Gasteiger partial charge in [-0.25, -0.2) is 19.2 Å². The van der Waals surface area contributed by atoms with E-state index < -0.39 is 0 Å². The van der Waals surface area contributed by atoms with Gasteiger partial charge in [0.05, 0.1) is 5.69 Å². The molecular formula is C22H24FN5O2. The highest BCUT2D eigenvalue weighted by Crippen LogP contribution is 2.29. The Hall–Kier alpha value is -3.00. The van der Waals surface area contributed by atoms with Gasteiger partial charge in [-0.05, 0) is 55.4 Å². The van der Waals surface area contributed by atoms with E-state index in [4.69, 9.17) is 4.74 Å². The number of nitrogens with zero attached hydrogens (tertiary/aromatic N) is 4. The van der Waals surface area contributed by atoms with Gasteiger partial charge in [-0.2, -0.15) is 0 Å². The van der Waals surface area contributed by atoms with Gasteiger partial charge in [0.1, 0.15) is 5.82 Å². The molecule has 0 radical (unpaired) electrons. The minimum atomic E-state index is -0.387. The predicted octanol–water partition coefficient (Wildman–Crippen LogP) is 4.06. The summed E-state index contributed by atoms with van der Waals surface area (Å²) in [5.74, 6) is 0.552. The van der Waals surface area contributed by atoms with E-state index in [0.29, 0.717) is 28.6 Å². The summed E-state index contributed by atoms with van der Waals surface area (Å²) in [5.41, 5.74) is 2.52. The highest BCUT2D eigenvalue weighted by Gasteiger charge is 2.20. The number of urea groups is 1. The van der Waals surface area contributed by atoms with Gasteiger partial charge >= 0.3 is 6.03 Å². The first-order chi connectivity index (χ1) is 14.7. The van der Waals surface area contributed by atoms with Crippen molar-refractivity contribution in [2.24, 2.45) is 0 Å². The van der Waals surface area contributed by atoms with E-state index in [9.17, 15) is 9.18 Å². The maximum absolute atomic E-state index is 14.6. The number of carbonyl (C=O) groups excluding carboxylic acids is 1. The summed E-state index contributed by atoms with van der Waals surface area (Å²) < 4.78 is 21.9. The molecule has 7 nitrogen and oxygen atoms in total. The van der Waals surface area contributed by atoms with E-state index in [0.717, 1.165) is 57.6 Å². The van der Waals surface area contributed by atoms with Gasteiger partial charge in [0, 0.05) is 56.1 Å². The average Bonchev–Trinajstić information content (AvgIpc) is 3.45. The van der Waals surface area contributed by atoms with E-state index in [1.807, 2.05) is 16.8 Å². The Balaban J connectivity index is 1.41. The number of anilines is 1. The van der Waals surface area contributed by atoms with Gasteiger partial charge in [-0.15, -0.1) is 0 Å². The number of nitrogens with one attached hydrogen (secondary N) is 1. The maximum atomic E-state index is 14.6. The minimum Gasteiger partial charge on any atom is -0.381 e. The third-order valence-corrected chi connectivity index (χ3v) is 5.91. The van der Waals surface area contributed by atoms with Gasteiger partial charge in [0.15, 0.2) is 0 Å². The number of hydrogen-bond acceptors (Lipinski definition) is 4. The SMILES string of the molecule is O=C(Nc1ccc(F)c(-c2cn3cc(C4CCOCC4)cnc3n2)c1)N1CCCC1. The summed E-state index contributed by atoms with van der Waals surface area (Å²) >= 11 is 0. The standard InChI is InChI=1S/C22H24FN5O2/c23-19-4-3-17(25-22(29)27-7-1-2-8-27)11-18(19)20-14-28-13-16(12-24-21(28)26-20)15-5-9-30-10-6-15/h3-4,11-15H,1-2,5-10H2,(H,25,29). The Morgan fingerprint density at radius 2 is 1.97 bits per heavy atom. The molecule has 2 saturated heterocycles. The van der Waals surface area contributed by atoms with Crippen molar-refractivity contribution in [2.45, 2.75) is 31.6 Å². The van der Waals surface area contributed by atoms with Crippen LogP contribution in [0.3, 0.4) is 0 Å². The number of imidazole rings is 1. The molecule has 2 aliphatic rings. The second-order valence-electron chi connectivity index (χ2n) is 7.93. The molecular weight excluding hydrogens is 385 g/mol. The summed E-state index contributed by atoms with van der Waals surface area (Å²) in [6.45, 7) is 3.04. The van der Waals surface area contributed by atoms with Gasteiger partial charge in [-0.3, -0.25) is 4.40 Å². The fourth-order valence-electron chi connectivity index (χ4n) is 4.19. The average molecular weight is 409 g/mol. The molecule has 0 bridgehead atoms. The molecule has 156 valence electrons. The van der Waals surface area contributed by atoms with E-state index in [-0.39, 0.29) is 11.8 Å². The quantitative estimate of drug-likeness (QED) is 0.708. The molecule has 8 heteroatoms. The summed E-state index contributed by atoms with van der Waals surface area (Å²) in [6.07, 6.45) is 9.65. The lowest BCUT2D eigenvalue weighted by molar-refractivity contribution is 0.0852. The second kappa shape index (κ2) is 8.02. The van der Waals surface area contributed by atoms with Crippen LogP contribution >= 0.6 is 0 Å². The molecule has 2 aromatic heterocycles. The largest absolute Gasteiger partial charge is 0.381 e. The van der Waals surface area contributed by atoms with Gasteiger partial charge in [0.25, 0.3) is 0 Å². The summed E-state index contributed by atoms with van der Waals surface area (Å²) in [7, 11) is 0. The summed E-state index contributed by atoms with van der Waals surface area (Å²) in [6, 6.07) is 4.41. The first kappa shape index (κ1) is 19.0. The third-order valence-electron chi connectivity index (χ3n) is 5.91. The van der Waals surface area contributed by atoms with Crippen LogP contribution in [0.5, 0.6) is 0 Å². The van der Waals surface area contributed by atoms with Crippen molar-refractivity contribution in [3.63, 3.8) is 0 Å². The van der Waals surface area contributed by atoms with Gasteiger partial charge in [-0.1, -0.05) is 0 Å². The van der Waals surface area contributed by atoms with E-state index in [1.165, 1.54) is 6.07 Å². The number of rotatable bonds is 3. The van der Waals surface area contributed by atoms with Crippen molar-refractivity contribution in [1.82, 2.24) is 19.3 Å². The fraction of sp³-hybridized carbons (Fsp3) is 0.409. The molecule has 3 aromatic rings. The molecule has 5 rings (SSSR count). The molecule has 0 unspecified atom stereocenters. The molecule has 30 heavy (non-hydrogen) atoms. The van der Waals surface area contributed by atoms with Crippen LogP contribution in [-0.4, -0.2) is 51.6 Å². The summed E-state index contributed by atoms with van der Waals surface area (Å²) in [5, 5.41) is 2.87. The number of hydrogen-bond donors (Lipinski definition) is 1. The lowest BCUT2D eigenvalue weighted by Gasteiger charge is -2.21.